The van der Waals surface area contributed by atoms with Crippen LogP contribution < -0.4 is 5.32 Å². The van der Waals surface area contributed by atoms with Gasteiger partial charge < -0.3 is 10.2 Å². The van der Waals surface area contributed by atoms with Gasteiger partial charge in [-0.3, -0.25) is 0 Å². The van der Waals surface area contributed by atoms with Crippen molar-refractivity contribution in [3.63, 3.8) is 0 Å². The highest BCUT2D eigenvalue weighted by atomic mass is 127. The molecule has 0 saturated carbocycles. The Morgan fingerprint density at radius 3 is 1.79 bits per heavy atom. The second-order valence-corrected chi connectivity index (χ2v) is 11.7. The highest BCUT2D eigenvalue weighted by Gasteiger charge is 2.41. The summed E-state index contributed by atoms with van der Waals surface area (Å²) in [5, 5.41) is 9.52. The number of halogens is 1. The molecular weight excluding hydrogens is 631 g/mol. The van der Waals surface area contributed by atoms with E-state index < -0.39 is 5.54 Å². The fourth-order valence-electron chi connectivity index (χ4n) is 6.24. The van der Waals surface area contributed by atoms with E-state index in [9.17, 15) is 4.79 Å². The maximum absolute atomic E-state index is 13.5. The molecule has 0 aliphatic carbocycles. The minimum Gasteiger partial charge on any atom is -0.313 e. The first-order valence-corrected chi connectivity index (χ1v) is 15.2. The third kappa shape index (κ3) is 4.29. The zero-order valence-electron chi connectivity index (χ0n) is 23.1. The number of fused-ring (bicyclic) bond motifs is 2. The first kappa shape index (κ1) is 26.5. The third-order valence-electron chi connectivity index (χ3n) is 8.34. The molecule has 0 radical (unpaired) electrons. The number of aromatic nitrogens is 2. The summed E-state index contributed by atoms with van der Waals surface area (Å²) in [6, 6.07) is 46.0. The van der Waals surface area contributed by atoms with Gasteiger partial charge in [0.1, 0.15) is 9.24 Å². The molecule has 1 atom stereocenters. The number of anilines is 1. The van der Waals surface area contributed by atoms with Crippen LogP contribution >= 0.6 is 22.6 Å². The first-order chi connectivity index (χ1) is 20.6. The molecule has 2 amide bonds. The molecule has 2 heterocycles. The van der Waals surface area contributed by atoms with Crippen molar-refractivity contribution < 1.29 is 4.79 Å². The van der Waals surface area contributed by atoms with Gasteiger partial charge in [0.15, 0.2) is 0 Å². The molecule has 1 aliphatic rings. The van der Waals surface area contributed by atoms with Crippen LogP contribution in [0.5, 0.6) is 0 Å². The van der Waals surface area contributed by atoms with Crippen LogP contribution in [-0.2, 0) is 12.1 Å². The number of hydrogen-bond donors (Lipinski definition) is 1. The van der Waals surface area contributed by atoms with Crippen LogP contribution in [0.4, 0.5) is 10.5 Å². The predicted molar refractivity (Wildman–Crippen MR) is 176 cm³/mol. The van der Waals surface area contributed by atoms with E-state index in [1.54, 1.807) is 0 Å². The van der Waals surface area contributed by atoms with Crippen molar-refractivity contribution in [2.75, 3.05) is 5.32 Å². The summed E-state index contributed by atoms with van der Waals surface area (Å²) >= 11 is 2.35. The highest BCUT2D eigenvalue weighted by Crippen LogP contribution is 2.44. The van der Waals surface area contributed by atoms with Crippen molar-refractivity contribution in [2.24, 2.45) is 0 Å². The van der Waals surface area contributed by atoms with E-state index in [1.165, 1.54) is 0 Å². The molecular formula is C36H29IN4O. The van der Waals surface area contributed by atoms with Crippen molar-refractivity contribution in [3.8, 4) is 0 Å². The predicted octanol–water partition coefficient (Wildman–Crippen LogP) is 8.59. The van der Waals surface area contributed by atoms with E-state index in [4.69, 9.17) is 5.10 Å². The Balaban J connectivity index is 1.45. The number of urea groups is 1. The van der Waals surface area contributed by atoms with Crippen molar-refractivity contribution in [1.29, 1.82) is 0 Å². The van der Waals surface area contributed by atoms with Gasteiger partial charge in [-0.25, -0.2) is 9.48 Å². The van der Waals surface area contributed by atoms with Gasteiger partial charge in [0, 0.05) is 11.1 Å². The van der Waals surface area contributed by atoms with E-state index in [-0.39, 0.29) is 12.1 Å². The number of amides is 2. The van der Waals surface area contributed by atoms with Gasteiger partial charge in [-0.15, -0.1) is 0 Å². The Labute approximate surface area is 259 Å². The molecule has 1 N–H and O–H groups in total. The maximum Gasteiger partial charge on any atom is 0.322 e. The molecule has 1 aliphatic heterocycles. The number of rotatable bonds is 6. The molecule has 6 heteroatoms. The molecule has 1 unspecified atom stereocenters. The van der Waals surface area contributed by atoms with E-state index in [2.05, 4.69) is 137 Å². The zero-order chi connectivity index (χ0) is 28.7. The lowest BCUT2D eigenvalue weighted by Gasteiger charge is -2.37. The van der Waals surface area contributed by atoms with Crippen LogP contribution in [-0.4, -0.2) is 20.7 Å². The lowest BCUT2D eigenvalue weighted by molar-refractivity contribution is 0.186. The molecule has 1 aromatic heterocycles. The summed E-state index contributed by atoms with van der Waals surface area (Å²) in [6.45, 7) is 2.60. The molecule has 0 bridgehead atoms. The van der Waals surface area contributed by atoms with Crippen LogP contribution in [0.25, 0.3) is 10.9 Å². The summed E-state index contributed by atoms with van der Waals surface area (Å²) in [5.74, 6) is 0. The lowest BCUT2D eigenvalue weighted by Crippen LogP contribution is -2.40. The highest BCUT2D eigenvalue weighted by molar-refractivity contribution is 14.1. The Morgan fingerprint density at radius 2 is 1.26 bits per heavy atom. The fourth-order valence-corrected chi connectivity index (χ4v) is 6.89. The maximum atomic E-state index is 13.5. The van der Waals surface area contributed by atoms with Gasteiger partial charge in [-0.05, 0) is 69.5 Å². The third-order valence-corrected chi connectivity index (χ3v) is 9.14. The van der Waals surface area contributed by atoms with Gasteiger partial charge in [0.2, 0.25) is 0 Å². The molecule has 42 heavy (non-hydrogen) atoms. The minimum absolute atomic E-state index is 0.0567. The van der Waals surface area contributed by atoms with E-state index in [0.29, 0.717) is 6.54 Å². The molecule has 206 valence electrons. The van der Waals surface area contributed by atoms with Gasteiger partial charge in [0.25, 0.3) is 0 Å². The van der Waals surface area contributed by atoms with E-state index >= 15 is 0 Å². The average molecular weight is 661 g/mol. The summed E-state index contributed by atoms with van der Waals surface area (Å²) < 4.78 is 3.06. The topological polar surface area (TPSA) is 50.2 Å². The van der Waals surface area contributed by atoms with Gasteiger partial charge in [-0.2, -0.15) is 5.10 Å². The number of hydrogen-bond acceptors (Lipinski definition) is 2. The Kier molecular flexibility index (Phi) is 6.78. The molecule has 6 aromatic rings. The van der Waals surface area contributed by atoms with Crippen LogP contribution in [0.3, 0.4) is 0 Å². The van der Waals surface area contributed by atoms with E-state index in [1.807, 2.05) is 41.3 Å². The van der Waals surface area contributed by atoms with Crippen LogP contribution in [0, 0.1) is 3.70 Å². The standard InChI is InChI=1S/C36H29IN4O/c1-25(26-14-6-2-7-15-26)40-24-27-22-31-33(23-32(27)38-35(40)42)41(39-34(31)37)36(28-16-8-3-9-17-28,29-18-10-4-11-19-29)30-20-12-5-13-21-30/h2-23,25H,24H2,1H3,(H,38,42). The lowest BCUT2D eigenvalue weighted by atomic mass is 9.77. The summed E-state index contributed by atoms with van der Waals surface area (Å²) in [5.41, 5.74) is 6.54. The summed E-state index contributed by atoms with van der Waals surface area (Å²) in [7, 11) is 0. The number of carbonyl (C=O) groups is 1. The Bertz CT molecular complexity index is 1780. The molecule has 5 aromatic carbocycles. The number of nitrogens with zero attached hydrogens (tertiary/aromatic N) is 3. The van der Waals surface area contributed by atoms with Crippen molar-refractivity contribution in [2.45, 2.75) is 25.0 Å². The monoisotopic (exact) mass is 660 g/mol. The normalized spacial score (nSPS) is 14.0. The van der Waals surface area contributed by atoms with Gasteiger partial charge in [-0.1, -0.05) is 121 Å². The summed E-state index contributed by atoms with van der Waals surface area (Å²) in [6.07, 6.45) is 0. The van der Waals surface area contributed by atoms with Crippen molar-refractivity contribution >= 4 is 45.2 Å². The van der Waals surface area contributed by atoms with Crippen molar-refractivity contribution in [3.05, 3.63) is 165 Å². The molecule has 5 nitrogen and oxygen atoms in total. The Hall–Kier alpha value is -4.43. The van der Waals surface area contributed by atoms with Crippen LogP contribution in [0.2, 0.25) is 0 Å². The van der Waals surface area contributed by atoms with E-state index in [0.717, 1.165) is 48.1 Å². The number of benzene rings is 5. The minimum atomic E-state index is -0.744. The smallest absolute Gasteiger partial charge is 0.313 e. The van der Waals surface area contributed by atoms with Gasteiger partial charge >= 0.3 is 6.03 Å². The largest absolute Gasteiger partial charge is 0.322 e. The van der Waals surface area contributed by atoms with Gasteiger partial charge in [0.05, 0.1) is 18.1 Å². The number of nitrogens with one attached hydrogen (secondary N) is 1. The second kappa shape index (κ2) is 10.8. The summed E-state index contributed by atoms with van der Waals surface area (Å²) in [4.78, 5) is 15.3. The zero-order valence-corrected chi connectivity index (χ0v) is 25.3. The molecule has 0 spiro atoms. The van der Waals surface area contributed by atoms with Crippen molar-refractivity contribution in [1.82, 2.24) is 14.7 Å². The average Bonchev–Trinajstić information content (AvgIpc) is 3.36. The first-order valence-electron chi connectivity index (χ1n) is 14.1. The van der Waals surface area contributed by atoms with Crippen LogP contribution in [0.15, 0.2) is 133 Å². The quantitative estimate of drug-likeness (QED) is 0.144. The molecule has 0 fully saturated rings. The van der Waals surface area contributed by atoms with Crippen LogP contribution in [0.1, 0.15) is 40.8 Å². The Morgan fingerprint density at radius 1 is 0.762 bits per heavy atom. The SMILES string of the molecule is CC(c1ccccc1)N1Cc2cc3c(I)nn(C(c4ccccc4)(c4ccccc4)c4ccccc4)c3cc2NC1=O. The molecule has 7 rings (SSSR count). The fraction of sp³-hybridized carbons (Fsp3) is 0.111. The number of carbonyl (C=O) groups excluding carboxylic acids is 1. The second-order valence-electron chi connectivity index (χ2n) is 10.7. The molecule has 0 saturated heterocycles.